The monoisotopic (exact) mass is 379 g/mol. The fourth-order valence-corrected chi connectivity index (χ4v) is 3.40. The highest BCUT2D eigenvalue weighted by Gasteiger charge is 2.19. The van der Waals surface area contributed by atoms with Gasteiger partial charge in [0.25, 0.3) is 0 Å². The predicted molar refractivity (Wildman–Crippen MR) is 111 cm³/mol. The molecule has 6 heteroatoms. The smallest absolute Gasteiger partial charge is 0.227 e. The van der Waals surface area contributed by atoms with Gasteiger partial charge in [0, 0.05) is 38.9 Å². The molecule has 0 spiro atoms. The number of nitrogens with one attached hydrogen (secondary N) is 1. The molecule has 0 aliphatic carbocycles. The Morgan fingerprint density at radius 1 is 0.889 bits per heavy atom. The molecule has 0 bridgehead atoms. The van der Waals surface area contributed by atoms with E-state index in [0.29, 0.717) is 5.02 Å². The molecule has 1 aliphatic rings. The third-order valence-electron chi connectivity index (χ3n) is 4.68. The van der Waals surface area contributed by atoms with Crippen LogP contribution in [0.5, 0.6) is 0 Å². The molecule has 0 atom stereocenters. The van der Waals surface area contributed by atoms with Crippen molar-refractivity contribution in [3.63, 3.8) is 0 Å². The van der Waals surface area contributed by atoms with Crippen molar-refractivity contribution in [1.29, 1.82) is 0 Å². The van der Waals surface area contributed by atoms with E-state index in [1.54, 1.807) is 6.20 Å². The first-order valence-corrected chi connectivity index (χ1v) is 9.51. The zero-order valence-electron chi connectivity index (χ0n) is 15.1. The molecule has 2 aromatic carbocycles. The van der Waals surface area contributed by atoms with Crippen LogP contribution in [0.15, 0.2) is 66.9 Å². The van der Waals surface area contributed by atoms with Crippen molar-refractivity contribution in [3.05, 3.63) is 77.4 Å². The maximum Gasteiger partial charge on any atom is 0.227 e. The fraction of sp³-hybridized carbons (Fsp3) is 0.238. The summed E-state index contributed by atoms with van der Waals surface area (Å²) in [5, 5.41) is 3.95. The Kier molecular flexibility index (Phi) is 5.51. The molecule has 138 valence electrons. The number of piperazine rings is 1. The maximum atomic E-state index is 6.22. The second kappa shape index (κ2) is 8.37. The van der Waals surface area contributed by atoms with Crippen molar-refractivity contribution in [2.45, 2.75) is 6.54 Å². The van der Waals surface area contributed by atoms with Crippen molar-refractivity contribution in [2.24, 2.45) is 0 Å². The standard InChI is InChI=1S/C21H22ClN5/c22-18-8-4-5-9-19(18)24-20-10-11-23-21(25-20)27-14-12-26(13-15-27)16-17-6-2-1-3-7-17/h1-11H,12-16H2,(H,23,24,25). The molecule has 1 fully saturated rings. The van der Waals surface area contributed by atoms with E-state index in [0.717, 1.165) is 50.2 Å². The van der Waals surface area contributed by atoms with Gasteiger partial charge in [0.15, 0.2) is 0 Å². The van der Waals surface area contributed by atoms with E-state index < -0.39 is 0 Å². The third kappa shape index (κ3) is 4.56. The lowest BCUT2D eigenvalue weighted by Crippen LogP contribution is -2.46. The van der Waals surface area contributed by atoms with Gasteiger partial charge in [-0.05, 0) is 23.8 Å². The van der Waals surface area contributed by atoms with E-state index in [1.165, 1.54) is 5.56 Å². The molecule has 1 aromatic heterocycles. The van der Waals surface area contributed by atoms with Crippen LogP contribution in [0.1, 0.15) is 5.56 Å². The summed E-state index contributed by atoms with van der Waals surface area (Å²) in [4.78, 5) is 13.8. The van der Waals surface area contributed by atoms with Crippen molar-refractivity contribution in [3.8, 4) is 0 Å². The van der Waals surface area contributed by atoms with Crippen LogP contribution in [0, 0.1) is 0 Å². The third-order valence-corrected chi connectivity index (χ3v) is 5.01. The van der Waals surface area contributed by atoms with Crippen molar-refractivity contribution >= 4 is 29.1 Å². The first kappa shape index (κ1) is 17.8. The summed E-state index contributed by atoms with van der Waals surface area (Å²) >= 11 is 6.22. The first-order valence-electron chi connectivity index (χ1n) is 9.14. The van der Waals surface area contributed by atoms with Crippen LogP contribution in [-0.2, 0) is 6.54 Å². The van der Waals surface area contributed by atoms with Gasteiger partial charge in [-0.2, -0.15) is 4.98 Å². The van der Waals surface area contributed by atoms with Crippen LogP contribution >= 0.6 is 11.6 Å². The van der Waals surface area contributed by atoms with Gasteiger partial charge in [-0.25, -0.2) is 4.98 Å². The van der Waals surface area contributed by atoms with Gasteiger partial charge in [-0.15, -0.1) is 0 Å². The zero-order chi connectivity index (χ0) is 18.5. The lowest BCUT2D eigenvalue weighted by molar-refractivity contribution is 0.248. The summed E-state index contributed by atoms with van der Waals surface area (Å²) < 4.78 is 0. The SMILES string of the molecule is Clc1ccccc1Nc1ccnc(N2CCN(Cc3ccccc3)CC2)n1. The number of hydrogen-bond donors (Lipinski definition) is 1. The van der Waals surface area contributed by atoms with Crippen LogP contribution in [0.25, 0.3) is 0 Å². The molecule has 1 saturated heterocycles. The Balaban J connectivity index is 1.38. The zero-order valence-corrected chi connectivity index (χ0v) is 15.8. The van der Waals surface area contributed by atoms with Crippen LogP contribution in [0.4, 0.5) is 17.5 Å². The predicted octanol–water partition coefficient (Wildman–Crippen LogP) is 4.20. The Morgan fingerprint density at radius 3 is 2.41 bits per heavy atom. The van der Waals surface area contributed by atoms with Crippen LogP contribution < -0.4 is 10.2 Å². The number of hydrogen-bond acceptors (Lipinski definition) is 5. The Labute approximate surface area is 164 Å². The van der Waals surface area contributed by atoms with E-state index in [4.69, 9.17) is 11.6 Å². The fourth-order valence-electron chi connectivity index (χ4n) is 3.22. The van der Waals surface area contributed by atoms with Crippen molar-refractivity contribution < 1.29 is 0 Å². The Morgan fingerprint density at radius 2 is 1.63 bits per heavy atom. The highest BCUT2D eigenvalue weighted by atomic mass is 35.5. The van der Waals surface area contributed by atoms with E-state index in [2.05, 4.69) is 55.4 Å². The van der Waals surface area contributed by atoms with Gasteiger partial charge < -0.3 is 10.2 Å². The van der Waals surface area contributed by atoms with E-state index in [9.17, 15) is 0 Å². The average molecular weight is 380 g/mol. The normalized spacial score (nSPS) is 14.9. The molecule has 0 amide bonds. The van der Waals surface area contributed by atoms with Crippen LogP contribution in [0.3, 0.4) is 0 Å². The topological polar surface area (TPSA) is 44.3 Å². The lowest BCUT2D eigenvalue weighted by atomic mass is 10.2. The van der Waals surface area contributed by atoms with E-state index >= 15 is 0 Å². The second-order valence-corrected chi connectivity index (χ2v) is 7.00. The van der Waals surface area contributed by atoms with Gasteiger partial charge in [0.05, 0.1) is 10.7 Å². The van der Waals surface area contributed by atoms with Crippen LogP contribution in [0.2, 0.25) is 5.02 Å². The lowest BCUT2D eigenvalue weighted by Gasteiger charge is -2.34. The summed E-state index contributed by atoms with van der Waals surface area (Å²) in [6.07, 6.45) is 1.79. The quantitative estimate of drug-likeness (QED) is 0.719. The number of anilines is 3. The van der Waals surface area contributed by atoms with Crippen LogP contribution in [-0.4, -0.2) is 41.0 Å². The highest BCUT2D eigenvalue weighted by molar-refractivity contribution is 6.33. The number of halogens is 1. The summed E-state index contributed by atoms with van der Waals surface area (Å²) in [6.45, 7) is 4.83. The highest BCUT2D eigenvalue weighted by Crippen LogP contribution is 2.24. The van der Waals surface area contributed by atoms with Gasteiger partial charge in [0.1, 0.15) is 5.82 Å². The van der Waals surface area contributed by atoms with Gasteiger partial charge >= 0.3 is 0 Å². The number of para-hydroxylation sites is 1. The van der Waals surface area contributed by atoms with Crippen molar-refractivity contribution in [1.82, 2.24) is 14.9 Å². The molecule has 0 saturated carbocycles. The number of aromatic nitrogens is 2. The molecule has 3 aromatic rings. The summed E-state index contributed by atoms with van der Waals surface area (Å²) in [7, 11) is 0. The first-order chi connectivity index (χ1) is 13.3. The summed E-state index contributed by atoms with van der Waals surface area (Å²) in [5.74, 6) is 1.51. The molecule has 1 N–H and O–H groups in total. The van der Waals surface area contributed by atoms with Gasteiger partial charge in [-0.1, -0.05) is 54.1 Å². The molecule has 2 heterocycles. The number of benzene rings is 2. The van der Waals surface area contributed by atoms with Gasteiger partial charge in [-0.3, -0.25) is 4.90 Å². The minimum atomic E-state index is 0.673. The molecule has 0 unspecified atom stereocenters. The summed E-state index contributed by atoms with van der Waals surface area (Å²) in [5.41, 5.74) is 2.20. The summed E-state index contributed by atoms with van der Waals surface area (Å²) in [6, 6.07) is 20.1. The molecule has 0 radical (unpaired) electrons. The molecular weight excluding hydrogens is 358 g/mol. The van der Waals surface area contributed by atoms with E-state index in [-0.39, 0.29) is 0 Å². The minimum absolute atomic E-state index is 0.673. The van der Waals surface area contributed by atoms with E-state index in [1.807, 2.05) is 30.3 Å². The molecule has 1 aliphatic heterocycles. The average Bonchev–Trinajstić information content (AvgIpc) is 2.71. The largest absolute Gasteiger partial charge is 0.339 e. The minimum Gasteiger partial charge on any atom is -0.339 e. The molecular formula is C21H22ClN5. The molecule has 4 rings (SSSR count). The Bertz CT molecular complexity index is 879. The number of nitrogens with zero attached hydrogens (tertiary/aromatic N) is 4. The van der Waals surface area contributed by atoms with Crippen molar-refractivity contribution in [2.75, 3.05) is 36.4 Å². The number of rotatable bonds is 5. The molecule has 27 heavy (non-hydrogen) atoms. The maximum absolute atomic E-state index is 6.22. The second-order valence-electron chi connectivity index (χ2n) is 6.60. The molecule has 5 nitrogen and oxygen atoms in total. The Hall–Kier alpha value is -2.63. The van der Waals surface area contributed by atoms with Gasteiger partial charge in [0.2, 0.25) is 5.95 Å².